The fourth-order valence-electron chi connectivity index (χ4n) is 1.36. The molecule has 1 aromatic rings. The highest BCUT2D eigenvalue weighted by Crippen LogP contribution is 2.25. The van der Waals surface area contributed by atoms with Gasteiger partial charge in [-0.15, -0.1) is 0 Å². The minimum absolute atomic E-state index is 0.0313. The molecule has 0 radical (unpaired) electrons. The number of nitro benzene ring substituents is 1. The molecule has 0 spiro atoms. The summed E-state index contributed by atoms with van der Waals surface area (Å²) in [5.41, 5.74) is 0.406. The summed E-state index contributed by atoms with van der Waals surface area (Å²) in [5.74, 6) is 0. The normalized spacial score (nSPS) is 11.6. The van der Waals surface area contributed by atoms with Crippen LogP contribution >= 0.6 is 0 Å². The maximum Gasteiger partial charge on any atom is 0.289 e. The van der Waals surface area contributed by atoms with Crippen molar-refractivity contribution in [2.75, 3.05) is 18.6 Å². The van der Waals surface area contributed by atoms with E-state index < -0.39 is 4.92 Å². The van der Waals surface area contributed by atoms with Gasteiger partial charge < -0.3 is 10.0 Å². The van der Waals surface area contributed by atoms with Gasteiger partial charge in [0.2, 0.25) is 0 Å². The molecule has 17 heavy (non-hydrogen) atoms. The Bertz CT molecular complexity index is 468. The first-order valence-corrected chi connectivity index (χ1v) is 5.03. The van der Waals surface area contributed by atoms with Gasteiger partial charge in [-0.1, -0.05) is 0 Å². The largest absolute Gasteiger partial charge is 0.394 e. The number of anilines is 1. The van der Waals surface area contributed by atoms with Crippen LogP contribution in [0.3, 0.4) is 0 Å². The lowest BCUT2D eigenvalue weighted by Gasteiger charge is -2.25. The fraction of sp³-hybridized carbons (Fsp3) is 0.364. The molecule has 0 aliphatic heterocycles. The maximum atomic E-state index is 10.8. The van der Waals surface area contributed by atoms with E-state index in [1.807, 2.05) is 0 Å². The number of likely N-dealkylation sites (N-methyl/N-ethyl adjacent to an activating group) is 1. The third-order valence-electron chi connectivity index (χ3n) is 2.63. The molecule has 90 valence electrons. The number of rotatable bonds is 4. The van der Waals surface area contributed by atoms with Crippen LogP contribution in [-0.2, 0) is 0 Å². The van der Waals surface area contributed by atoms with E-state index in [2.05, 4.69) is 0 Å². The molecule has 1 N–H and O–H groups in total. The number of nitrogens with zero attached hydrogens (tertiary/aromatic N) is 3. The van der Waals surface area contributed by atoms with E-state index in [0.29, 0.717) is 5.69 Å². The van der Waals surface area contributed by atoms with Crippen molar-refractivity contribution >= 4 is 11.4 Å². The molecule has 0 heterocycles. The lowest BCUT2D eigenvalue weighted by Crippen LogP contribution is -2.31. The van der Waals surface area contributed by atoms with E-state index in [9.17, 15) is 10.1 Å². The summed E-state index contributed by atoms with van der Waals surface area (Å²) in [6, 6.07) is 6.00. The Morgan fingerprint density at radius 3 is 2.76 bits per heavy atom. The van der Waals surface area contributed by atoms with Gasteiger partial charge in [0, 0.05) is 24.8 Å². The van der Waals surface area contributed by atoms with E-state index in [0.717, 1.165) is 0 Å². The molecule has 6 nitrogen and oxygen atoms in total. The zero-order valence-electron chi connectivity index (χ0n) is 9.62. The van der Waals surface area contributed by atoms with E-state index in [4.69, 9.17) is 10.4 Å². The van der Waals surface area contributed by atoms with Gasteiger partial charge in [0.1, 0.15) is 11.6 Å². The molecule has 1 unspecified atom stereocenters. The van der Waals surface area contributed by atoms with Crippen LogP contribution < -0.4 is 4.90 Å². The average molecular weight is 235 g/mol. The number of aliphatic hydroxyl groups is 1. The molecule has 0 bridgehead atoms. The Morgan fingerprint density at radius 2 is 2.29 bits per heavy atom. The topological polar surface area (TPSA) is 90.4 Å². The van der Waals surface area contributed by atoms with Crippen molar-refractivity contribution in [2.45, 2.75) is 13.0 Å². The molecule has 0 fully saturated rings. The second-order valence-corrected chi connectivity index (χ2v) is 3.71. The van der Waals surface area contributed by atoms with Crippen LogP contribution in [0.2, 0.25) is 0 Å². The maximum absolute atomic E-state index is 10.8. The zero-order valence-corrected chi connectivity index (χ0v) is 9.62. The van der Waals surface area contributed by atoms with Gasteiger partial charge in [-0.2, -0.15) is 5.26 Å². The summed E-state index contributed by atoms with van der Waals surface area (Å²) in [7, 11) is 1.73. The zero-order chi connectivity index (χ0) is 13.0. The smallest absolute Gasteiger partial charge is 0.289 e. The summed E-state index contributed by atoms with van der Waals surface area (Å²) in [4.78, 5) is 11.9. The molecule has 0 aliphatic rings. The fourth-order valence-corrected chi connectivity index (χ4v) is 1.36. The van der Waals surface area contributed by atoms with Gasteiger partial charge in [0.05, 0.1) is 11.5 Å². The van der Waals surface area contributed by atoms with Crippen LogP contribution in [0.5, 0.6) is 0 Å². The molecule has 0 amide bonds. The van der Waals surface area contributed by atoms with Crippen molar-refractivity contribution < 1.29 is 10.0 Å². The number of hydrogen-bond donors (Lipinski definition) is 1. The van der Waals surface area contributed by atoms with Gasteiger partial charge in [-0.25, -0.2) is 0 Å². The van der Waals surface area contributed by atoms with Gasteiger partial charge >= 0.3 is 0 Å². The van der Waals surface area contributed by atoms with E-state index in [1.54, 1.807) is 31.0 Å². The molecule has 1 atom stereocenters. The number of nitro groups is 1. The monoisotopic (exact) mass is 235 g/mol. The summed E-state index contributed by atoms with van der Waals surface area (Å²) >= 11 is 0. The van der Waals surface area contributed by atoms with E-state index in [-0.39, 0.29) is 23.9 Å². The first-order valence-electron chi connectivity index (χ1n) is 5.03. The summed E-state index contributed by atoms with van der Waals surface area (Å²) in [5, 5.41) is 28.5. The first-order chi connectivity index (χ1) is 8.01. The molecule has 0 aromatic heterocycles. The first kappa shape index (κ1) is 12.9. The SMILES string of the molecule is CC(CO)N(C)c1ccc(C#N)c([N+](=O)[O-])c1. The lowest BCUT2D eigenvalue weighted by atomic mass is 10.1. The average Bonchev–Trinajstić information content (AvgIpc) is 2.35. The third-order valence-corrected chi connectivity index (χ3v) is 2.63. The molecular formula is C11H13N3O3. The van der Waals surface area contributed by atoms with Crippen LogP contribution in [0.4, 0.5) is 11.4 Å². The van der Waals surface area contributed by atoms with Crippen LogP contribution in [0.15, 0.2) is 18.2 Å². The Morgan fingerprint density at radius 1 is 1.65 bits per heavy atom. The standard InChI is InChI=1S/C11H13N3O3/c1-8(7-15)13(2)10-4-3-9(6-12)11(5-10)14(16)17/h3-5,8,15H,7H2,1-2H3. The number of aliphatic hydroxyl groups excluding tert-OH is 1. The molecule has 0 saturated carbocycles. The van der Waals surface area contributed by atoms with E-state index >= 15 is 0 Å². The minimum atomic E-state index is -0.584. The molecular weight excluding hydrogens is 222 g/mol. The van der Waals surface area contributed by atoms with Gasteiger partial charge in [0.25, 0.3) is 5.69 Å². The summed E-state index contributed by atoms with van der Waals surface area (Å²) in [6.07, 6.45) is 0. The van der Waals surface area contributed by atoms with Crippen molar-refractivity contribution in [1.82, 2.24) is 0 Å². The van der Waals surface area contributed by atoms with Crippen LogP contribution in [0.1, 0.15) is 12.5 Å². The number of hydrogen-bond acceptors (Lipinski definition) is 5. The second kappa shape index (κ2) is 5.27. The predicted molar refractivity (Wildman–Crippen MR) is 62.8 cm³/mol. The predicted octanol–water partition coefficient (Wildman–Crippen LogP) is 1.28. The molecule has 6 heteroatoms. The van der Waals surface area contributed by atoms with Gasteiger partial charge in [0.15, 0.2) is 0 Å². The number of nitriles is 1. The van der Waals surface area contributed by atoms with Crippen molar-refractivity contribution in [3.8, 4) is 6.07 Å². The quantitative estimate of drug-likeness (QED) is 0.627. The molecule has 1 aromatic carbocycles. The van der Waals surface area contributed by atoms with Gasteiger partial charge in [-0.3, -0.25) is 10.1 Å². The number of benzene rings is 1. The minimum Gasteiger partial charge on any atom is -0.394 e. The molecule has 1 rings (SSSR count). The van der Waals surface area contributed by atoms with Crippen molar-refractivity contribution in [1.29, 1.82) is 5.26 Å². The Balaban J connectivity index is 3.17. The second-order valence-electron chi connectivity index (χ2n) is 3.71. The van der Waals surface area contributed by atoms with Crippen LogP contribution in [0.25, 0.3) is 0 Å². The Hall–Kier alpha value is -2.13. The summed E-state index contributed by atoms with van der Waals surface area (Å²) in [6.45, 7) is 1.74. The highest BCUT2D eigenvalue weighted by Gasteiger charge is 2.17. The Kier molecular flexibility index (Phi) is 4.01. The molecule has 0 aliphatic carbocycles. The Labute approximate surface area is 98.9 Å². The van der Waals surface area contributed by atoms with Crippen LogP contribution in [-0.4, -0.2) is 29.7 Å². The lowest BCUT2D eigenvalue weighted by molar-refractivity contribution is -0.385. The highest BCUT2D eigenvalue weighted by molar-refractivity contribution is 5.60. The van der Waals surface area contributed by atoms with Gasteiger partial charge in [-0.05, 0) is 19.1 Å². The summed E-state index contributed by atoms with van der Waals surface area (Å²) < 4.78 is 0. The van der Waals surface area contributed by atoms with Crippen molar-refractivity contribution in [3.63, 3.8) is 0 Å². The highest BCUT2D eigenvalue weighted by atomic mass is 16.6. The van der Waals surface area contributed by atoms with E-state index in [1.165, 1.54) is 12.1 Å². The molecule has 0 saturated heterocycles. The van der Waals surface area contributed by atoms with Crippen molar-refractivity contribution in [3.05, 3.63) is 33.9 Å². The third kappa shape index (κ3) is 2.71. The van der Waals surface area contributed by atoms with Crippen LogP contribution in [0, 0.1) is 21.4 Å². The van der Waals surface area contributed by atoms with Crippen molar-refractivity contribution in [2.24, 2.45) is 0 Å².